The van der Waals surface area contributed by atoms with Crippen LogP contribution in [0.25, 0.3) is 0 Å². The van der Waals surface area contributed by atoms with Crippen molar-refractivity contribution in [2.45, 2.75) is 50.2 Å². The molecule has 7 nitrogen and oxygen atoms in total. The number of carbonyl (C=O) groups excluding carboxylic acids is 1. The van der Waals surface area contributed by atoms with E-state index in [4.69, 9.17) is 25.8 Å². The van der Waals surface area contributed by atoms with Crippen LogP contribution in [-0.2, 0) is 0 Å². The number of anilines is 1. The number of methoxy groups -OCH3 is 3. The smallest absolute Gasteiger partial charge is 0.251 e. The van der Waals surface area contributed by atoms with E-state index < -0.39 is 0 Å². The lowest BCUT2D eigenvalue weighted by Gasteiger charge is -2.49. The molecular weight excluding hydrogens is 454 g/mol. The summed E-state index contributed by atoms with van der Waals surface area (Å²) in [6.45, 7) is 1.81. The second kappa shape index (κ2) is 11.2. The van der Waals surface area contributed by atoms with Crippen molar-refractivity contribution in [3.05, 3.63) is 47.0 Å². The first-order valence-corrected chi connectivity index (χ1v) is 12.3. The number of fused-ring (bicyclic) bond motifs is 2. The van der Waals surface area contributed by atoms with Crippen molar-refractivity contribution in [1.29, 1.82) is 0 Å². The minimum absolute atomic E-state index is 0.115. The molecule has 1 amide bonds. The molecule has 2 aromatic carbocycles. The minimum Gasteiger partial charge on any atom is -0.493 e. The maximum Gasteiger partial charge on any atom is 0.251 e. The number of amides is 1. The van der Waals surface area contributed by atoms with Gasteiger partial charge in [-0.25, -0.2) is 0 Å². The van der Waals surface area contributed by atoms with Gasteiger partial charge in [0.2, 0.25) is 5.75 Å². The van der Waals surface area contributed by atoms with Crippen LogP contribution in [0.4, 0.5) is 5.69 Å². The van der Waals surface area contributed by atoms with Crippen molar-refractivity contribution in [2.24, 2.45) is 0 Å². The Kier molecular flexibility index (Phi) is 8.06. The number of hydrogen-bond donors (Lipinski definition) is 2. The minimum atomic E-state index is -0.115. The Balaban J connectivity index is 1.37. The zero-order chi connectivity index (χ0) is 24.1. The fourth-order valence-electron chi connectivity index (χ4n) is 5.37. The van der Waals surface area contributed by atoms with Gasteiger partial charge in [0.1, 0.15) is 0 Å². The van der Waals surface area contributed by atoms with Crippen molar-refractivity contribution in [2.75, 3.05) is 39.7 Å². The van der Waals surface area contributed by atoms with E-state index in [-0.39, 0.29) is 11.9 Å². The van der Waals surface area contributed by atoms with Crippen molar-refractivity contribution in [3.8, 4) is 17.2 Å². The number of benzene rings is 2. The van der Waals surface area contributed by atoms with Gasteiger partial charge in [0.25, 0.3) is 5.91 Å². The molecule has 2 fully saturated rings. The first-order valence-electron chi connectivity index (χ1n) is 11.9. The highest BCUT2D eigenvalue weighted by Crippen LogP contribution is 2.39. The predicted molar refractivity (Wildman–Crippen MR) is 135 cm³/mol. The molecule has 0 aliphatic carbocycles. The summed E-state index contributed by atoms with van der Waals surface area (Å²) in [5.74, 6) is 1.32. The zero-order valence-corrected chi connectivity index (χ0v) is 20.9. The Hall–Kier alpha value is -2.64. The van der Waals surface area contributed by atoms with Crippen molar-refractivity contribution in [1.82, 2.24) is 10.2 Å². The van der Waals surface area contributed by atoms with Crippen LogP contribution in [-0.4, -0.2) is 63.4 Å². The van der Waals surface area contributed by atoms with Gasteiger partial charge in [0.05, 0.1) is 32.0 Å². The molecule has 34 heavy (non-hydrogen) atoms. The number of piperidine rings is 2. The van der Waals surface area contributed by atoms with Crippen molar-refractivity contribution >= 4 is 23.2 Å². The maximum atomic E-state index is 13.1. The fourth-order valence-corrected chi connectivity index (χ4v) is 5.57. The van der Waals surface area contributed by atoms with E-state index in [1.807, 2.05) is 24.3 Å². The molecule has 2 N–H and O–H groups in total. The van der Waals surface area contributed by atoms with Gasteiger partial charge in [0.15, 0.2) is 11.5 Å². The Morgan fingerprint density at radius 3 is 2.26 bits per heavy atom. The molecular formula is C26H34ClN3O4. The number of hydrogen-bond acceptors (Lipinski definition) is 6. The molecule has 4 rings (SSSR count). The summed E-state index contributed by atoms with van der Waals surface area (Å²) < 4.78 is 16.2. The second-order valence-electron chi connectivity index (χ2n) is 8.94. The largest absolute Gasteiger partial charge is 0.493 e. The number of carbonyl (C=O) groups is 1. The van der Waals surface area contributed by atoms with E-state index in [0.717, 1.165) is 36.6 Å². The lowest BCUT2D eigenvalue weighted by Crippen LogP contribution is -2.57. The topological polar surface area (TPSA) is 72.1 Å². The fraction of sp³-hybridized carbons (Fsp3) is 0.500. The summed E-state index contributed by atoms with van der Waals surface area (Å²) in [6.07, 6.45) is 5.49. The summed E-state index contributed by atoms with van der Waals surface area (Å²) in [5.41, 5.74) is 1.48. The molecule has 0 radical (unpaired) electrons. The normalized spacial score (nSPS) is 22.1. The Morgan fingerprint density at radius 1 is 1.03 bits per heavy atom. The van der Waals surface area contributed by atoms with Gasteiger partial charge in [0, 0.05) is 36.8 Å². The van der Waals surface area contributed by atoms with E-state index in [9.17, 15) is 4.79 Å². The molecule has 2 saturated heterocycles. The third kappa shape index (κ3) is 5.36. The Labute approximate surface area is 206 Å². The van der Waals surface area contributed by atoms with Crippen molar-refractivity contribution < 1.29 is 19.0 Å². The van der Waals surface area contributed by atoms with Crippen molar-refractivity contribution in [3.63, 3.8) is 0 Å². The third-order valence-corrected chi connectivity index (χ3v) is 7.28. The predicted octanol–water partition coefficient (Wildman–Crippen LogP) is 4.59. The van der Waals surface area contributed by atoms with Crippen LogP contribution >= 0.6 is 11.6 Å². The summed E-state index contributed by atoms with van der Waals surface area (Å²) in [4.78, 5) is 15.7. The number of nitrogens with zero attached hydrogens (tertiary/aromatic N) is 1. The maximum absolute atomic E-state index is 13.1. The molecule has 2 atom stereocenters. The van der Waals surface area contributed by atoms with Gasteiger partial charge in [-0.15, -0.1) is 0 Å². The molecule has 184 valence electrons. The van der Waals surface area contributed by atoms with Crippen LogP contribution in [0.1, 0.15) is 42.5 Å². The van der Waals surface area contributed by atoms with Crippen LogP contribution in [0.2, 0.25) is 5.02 Å². The third-order valence-electron chi connectivity index (χ3n) is 6.95. The van der Waals surface area contributed by atoms with Crippen LogP contribution in [0.3, 0.4) is 0 Å². The van der Waals surface area contributed by atoms with E-state index in [2.05, 4.69) is 15.5 Å². The lowest BCUT2D eigenvalue weighted by atomic mass is 9.81. The van der Waals surface area contributed by atoms with E-state index in [1.165, 1.54) is 19.3 Å². The van der Waals surface area contributed by atoms with Gasteiger partial charge in [-0.2, -0.15) is 0 Å². The summed E-state index contributed by atoms with van der Waals surface area (Å²) >= 11 is 6.28. The molecule has 2 unspecified atom stereocenters. The van der Waals surface area contributed by atoms with Gasteiger partial charge in [-0.3, -0.25) is 9.69 Å². The van der Waals surface area contributed by atoms with Crippen LogP contribution in [0.15, 0.2) is 36.4 Å². The lowest BCUT2D eigenvalue weighted by molar-refractivity contribution is 0.0277. The number of ether oxygens (including phenoxy) is 3. The standard InChI is InChI=1S/C26H34ClN3O4/c1-32-23-13-17(14-24(33-2)25(23)34-3)26(31)29-18-15-19-7-6-8-20(16-18)30(19)12-11-28-22-10-5-4-9-21(22)27/h4-5,9-10,13-14,18-20,28H,6-8,11-12,15-16H2,1-3H3,(H,29,31). The van der Waals surface area contributed by atoms with Crippen LogP contribution < -0.4 is 24.8 Å². The molecule has 0 saturated carbocycles. The molecule has 0 aromatic heterocycles. The molecule has 2 aliphatic heterocycles. The number of rotatable bonds is 9. The van der Waals surface area contributed by atoms with Crippen LogP contribution in [0.5, 0.6) is 17.2 Å². The van der Waals surface area contributed by atoms with Gasteiger partial charge < -0.3 is 24.8 Å². The summed E-state index contributed by atoms with van der Waals surface area (Å²) in [7, 11) is 4.66. The van der Waals surface area contributed by atoms with Gasteiger partial charge in [-0.1, -0.05) is 30.2 Å². The molecule has 2 heterocycles. The van der Waals surface area contributed by atoms with E-state index >= 15 is 0 Å². The number of nitrogens with one attached hydrogen (secondary N) is 2. The van der Waals surface area contributed by atoms with E-state index in [0.29, 0.717) is 34.9 Å². The monoisotopic (exact) mass is 487 g/mol. The highest BCUT2D eigenvalue weighted by molar-refractivity contribution is 6.33. The number of para-hydroxylation sites is 1. The van der Waals surface area contributed by atoms with Gasteiger partial charge >= 0.3 is 0 Å². The molecule has 2 aromatic rings. The molecule has 0 spiro atoms. The highest BCUT2D eigenvalue weighted by atomic mass is 35.5. The van der Waals surface area contributed by atoms with Gasteiger partial charge in [-0.05, 0) is 49.9 Å². The Morgan fingerprint density at radius 2 is 1.68 bits per heavy atom. The summed E-state index contributed by atoms with van der Waals surface area (Å²) in [6, 6.07) is 12.3. The van der Waals surface area contributed by atoms with Crippen LogP contribution in [0, 0.1) is 0 Å². The SMILES string of the molecule is COc1cc(C(=O)NC2CC3CCCC(C2)N3CCNc2ccccc2Cl)cc(OC)c1OC. The average Bonchev–Trinajstić information content (AvgIpc) is 2.84. The first-order chi connectivity index (χ1) is 16.5. The quantitative estimate of drug-likeness (QED) is 0.539. The average molecular weight is 488 g/mol. The highest BCUT2D eigenvalue weighted by Gasteiger charge is 2.38. The number of halogens is 1. The zero-order valence-electron chi connectivity index (χ0n) is 20.1. The first kappa shape index (κ1) is 24.5. The molecule has 8 heteroatoms. The Bertz CT molecular complexity index is 963. The summed E-state index contributed by atoms with van der Waals surface area (Å²) in [5, 5.41) is 7.48. The van der Waals surface area contributed by atoms with E-state index in [1.54, 1.807) is 33.5 Å². The second-order valence-corrected chi connectivity index (χ2v) is 9.35. The molecule has 2 bridgehead atoms. The molecule has 2 aliphatic rings.